The summed E-state index contributed by atoms with van der Waals surface area (Å²) in [6.07, 6.45) is -0.542. The van der Waals surface area contributed by atoms with Gasteiger partial charge in [0.05, 0.1) is 6.10 Å². The van der Waals surface area contributed by atoms with Crippen LogP contribution in [0.5, 0.6) is 0 Å². The summed E-state index contributed by atoms with van der Waals surface area (Å²) in [6, 6.07) is 2.18. The fourth-order valence-corrected chi connectivity index (χ4v) is 2.73. The van der Waals surface area contributed by atoms with Crippen LogP contribution in [0.2, 0.25) is 0 Å². The van der Waals surface area contributed by atoms with Crippen LogP contribution in [0.15, 0.2) is 18.2 Å². The quantitative estimate of drug-likeness (QED) is 0.578. The summed E-state index contributed by atoms with van der Waals surface area (Å²) in [5, 5.41) is 17.8. The van der Waals surface area contributed by atoms with Gasteiger partial charge in [0.1, 0.15) is 23.2 Å². The third-order valence-corrected chi connectivity index (χ3v) is 4.27. The normalized spacial score (nSPS) is 20.4. The van der Waals surface area contributed by atoms with Crippen molar-refractivity contribution in [2.75, 3.05) is 19.6 Å². The molecule has 0 radical (unpaired) electrons. The van der Waals surface area contributed by atoms with Gasteiger partial charge in [-0.25, -0.2) is 8.78 Å². The van der Waals surface area contributed by atoms with E-state index in [1.807, 2.05) is 0 Å². The standard InChI is InChI=1S/C17H23F2N3O3.ClH/c1-9(2)15(17(25)21-7-10-6-20-8-13(10)23)22-16(24)14-11(18)4-3-5-12(14)19;/h3-5,9-10,13,15,20,23H,6-8H2,1-2H3,(H,21,25)(H,22,24);1H. The van der Waals surface area contributed by atoms with Gasteiger partial charge in [-0.15, -0.1) is 12.4 Å². The van der Waals surface area contributed by atoms with Gasteiger partial charge in [0.2, 0.25) is 5.91 Å². The maximum absolute atomic E-state index is 13.7. The first-order valence-electron chi connectivity index (χ1n) is 8.22. The highest BCUT2D eigenvalue weighted by molar-refractivity contribution is 5.98. The Morgan fingerprint density at radius 1 is 1.27 bits per heavy atom. The van der Waals surface area contributed by atoms with Gasteiger partial charge in [0, 0.05) is 25.6 Å². The third kappa shape index (κ3) is 5.36. The summed E-state index contributed by atoms with van der Waals surface area (Å²) in [5.41, 5.74) is -0.712. The average molecular weight is 392 g/mol. The van der Waals surface area contributed by atoms with E-state index in [0.29, 0.717) is 13.1 Å². The molecule has 1 aromatic rings. The SMILES string of the molecule is CC(C)C(NC(=O)c1c(F)cccc1F)C(=O)NCC1CNCC1O.Cl. The van der Waals surface area contributed by atoms with Gasteiger partial charge in [-0.1, -0.05) is 19.9 Å². The number of amides is 2. The van der Waals surface area contributed by atoms with Crippen LogP contribution in [0.4, 0.5) is 8.78 Å². The molecule has 4 N–H and O–H groups in total. The van der Waals surface area contributed by atoms with Crippen molar-refractivity contribution in [1.29, 1.82) is 0 Å². The first-order valence-corrected chi connectivity index (χ1v) is 8.22. The lowest BCUT2D eigenvalue weighted by Crippen LogP contribution is -2.51. The number of nitrogens with one attached hydrogen (secondary N) is 3. The van der Waals surface area contributed by atoms with Crippen molar-refractivity contribution in [2.45, 2.75) is 26.0 Å². The Balaban J connectivity index is 0.00000338. The zero-order valence-electron chi connectivity index (χ0n) is 14.6. The van der Waals surface area contributed by atoms with Crippen LogP contribution in [0.1, 0.15) is 24.2 Å². The smallest absolute Gasteiger partial charge is 0.257 e. The summed E-state index contributed by atoms with van der Waals surface area (Å²) < 4.78 is 27.4. The molecule has 6 nitrogen and oxygen atoms in total. The zero-order chi connectivity index (χ0) is 18.6. The lowest BCUT2D eigenvalue weighted by molar-refractivity contribution is -0.124. The molecule has 0 aliphatic carbocycles. The molecule has 1 heterocycles. The molecule has 9 heteroatoms. The topological polar surface area (TPSA) is 90.5 Å². The van der Waals surface area contributed by atoms with Crippen LogP contribution in [0.3, 0.4) is 0 Å². The highest BCUT2D eigenvalue weighted by Crippen LogP contribution is 2.13. The van der Waals surface area contributed by atoms with E-state index in [-0.39, 0.29) is 30.8 Å². The van der Waals surface area contributed by atoms with Crippen molar-refractivity contribution in [1.82, 2.24) is 16.0 Å². The molecule has 1 fully saturated rings. The van der Waals surface area contributed by atoms with E-state index in [0.717, 1.165) is 18.2 Å². The van der Waals surface area contributed by atoms with E-state index < -0.39 is 41.2 Å². The zero-order valence-corrected chi connectivity index (χ0v) is 15.4. The number of hydrogen-bond donors (Lipinski definition) is 4. The second kappa shape index (κ2) is 9.80. The van der Waals surface area contributed by atoms with Crippen LogP contribution in [-0.4, -0.2) is 48.7 Å². The van der Waals surface area contributed by atoms with E-state index >= 15 is 0 Å². The minimum Gasteiger partial charge on any atom is -0.391 e. The largest absolute Gasteiger partial charge is 0.391 e. The Bertz CT molecular complexity index is 625. The van der Waals surface area contributed by atoms with E-state index in [4.69, 9.17) is 0 Å². The molecule has 3 atom stereocenters. The Morgan fingerprint density at radius 3 is 2.38 bits per heavy atom. The van der Waals surface area contributed by atoms with Gasteiger partial charge >= 0.3 is 0 Å². The molecular weight excluding hydrogens is 368 g/mol. The molecule has 26 heavy (non-hydrogen) atoms. The number of benzene rings is 1. The molecule has 0 saturated carbocycles. The Labute approximate surface area is 157 Å². The third-order valence-electron chi connectivity index (χ3n) is 4.27. The number of carbonyl (C=O) groups is 2. The molecule has 3 unspecified atom stereocenters. The van der Waals surface area contributed by atoms with Gasteiger partial charge in [0.25, 0.3) is 5.91 Å². The Morgan fingerprint density at radius 2 is 1.88 bits per heavy atom. The van der Waals surface area contributed by atoms with Crippen LogP contribution >= 0.6 is 12.4 Å². The van der Waals surface area contributed by atoms with E-state index in [1.165, 1.54) is 0 Å². The fourth-order valence-electron chi connectivity index (χ4n) is 2.73. The van der Waals surface area contributed by atoms with Crippen molar-refractivity contribution < 1.29 is 23.5 Å². The molecule has 0 bridgehead atoms. The average Bonchev–Trinajstić information content (AvgIpc) is 2.95. The van der Waals surface area contributed by atoms with E-state index in [9.17, 15) is 23.5 Å². The molecule has 2 amide bonds. The minimum atomic E-state index is -0.986. The Hall–Kier alpha value is -1.77. The lowest BCUT2D eigenvalue weighted by atomic mass is 10.0. The summed E-state index contributed by atoms with van der Waals surface area (Å²) in [4.78, 5) is 24.6. The summed E-state index contributed by atoms with van der Waals surface area (Å²) in [7, 11) is 0. The fraction of sp³-hybridized carbons (Fsp3) is 0.529. The number of hydrogen-bond acceptors (Lipinski definition) is 4. The minimum absolute atomic E-state index is 0. The number of aliphatic hydroxyl groups excluding tert-OH is 1. The highest BCUT2D eigenvalue weighted by atomic mass is 35.5. The van der Waals surface area contributed by atoms with Crippen molar-refractivity contribution in [3.8, 4) is 0 Å². The molecule has 1 aromatic carbocycles. The first-order chi connectivity index (χ1) is 11.8. The van der Waals surface area contributed by atoms with Crippen molar-refractivity contribution >= 4 is 24.2 Å². The number of carbonyl (C=O) groups excluding carboxylic acids is 2. The molecular formula is C17H24ClF2N3O3. The Kier molecular flexibility index (Phi) is 8.39. The van der Waals surface area contributed by atoms with Gasteiger partial charge < -0.3 is 21.1 Å². The maximum Gasteiger partial charge on any atom is 0.257 e. The van der Waals surface area contributed by atoms with Gasteiger partial charge in [-0.2, -0.15) is 0 Å². The predicted octanol–water partition coefficient (Wildman–Crippen LogP) is 0.838. The summed E-state index contributed by atoms with van der Waals surface area (Å²) in [5.74, 6) is -3.81. The molecule has 1 aliphatic heterocycles. The monoisotopic (exact) mass is 391 g/mol. The van der Waals surface area contributed by atoms with E-state index in [2.05, 4.69) is 16.0 Å². The molecule has 1 aliphatic rings. The van der Waals surface area contributed by atoms with Crippen LogP contribution < -0.4 is 16.0 Å². The van der Waals surface area contributed by atoms with Gasteiger partial charge in [0.15, 0.2) is 0 Å². The van der Waals surface area contributed by atoms with Crippen LogP contribution in [0.25, 0.3) is 0 Å². The first kappa shape index (κ1) is 22.3. The van der Waals surface area contributed by atoms with Crippen molar-refractivity contribution in [2.24, 2.45) is 11.8 Å². The number of β-amino-alcohol motifs (C(OH)–C–C–N with tert-alkyl or cyclic N) is 1. The molecule has 0 spiro atoms. The lowest BCUT2D eigenvalue weighted by Gasteiger charge is -2.23. The van der Waals surface area contributed by atoms with Crippen LogP contribution in [0, 0.1) is 23.5 Å². The highest BCUT2D eigenvalue weighted by Gasteiger charge is 2.29. The van der Waals surface area contributed by atoms with Crippen molar-refractivity contribution in [3.63, 3.8) is 0 Å². The van der Waals surface area contributed by atoms with Gasteiger partial charge in [-0.05, 0) is 18.1 Å². The molecule has 0 aromatic heterocycles. The second-order valence-electron chi connectivity index (χ2n) is 6.52. The summed E-state index contributed by atoms with van der Waals surface area (Å²) in [6.45, 7) is 4.74. The number of halogens is 3. The second-order valence-corrected chi connectivity index (χ2v) is 6.52. The predicted molar refractivity (Wildman–Crippen MR) is 95.1 cm³/mol. The van der Waals surface area contributed by atoms with E-state index in [1.54, 1.807) is 13.8 Å². The van der Waals surface area contributed by atoms with Crippen LogP contribution in [-0.2, 0) is 4.79 Å². The number of aliphatic hydroxyl groups is 1. The van der Waals surface area contributed by atoms with Crippen molar-refractivity contribution in [3.05, 3.63) is 35.4 Å². The summed E-state index contributed by atoms with van der Waals surface area (Å²) >= 11 is 0. The van der Waals surface area contributed by atoms with Gasteiger partial charge in [-0.3, -0.25) is 9.59 Å². The number of rotatable bonds is 6. The maximum atomic E-state index is 13.7. The molecule has 146 valence electrons. The molecule has 2 rings (SSSR count). The molecule has 1 saturated heterocycles.